The second kappa shape index (κ2) is 3.52. The highest BCUT2D eigenvalue weighted by atomic mass is 16.3. The second-order valence-electron chi connectivity index (χ2n) is 3.57. The first-order chi connectivity index (χ1) is 6.31. The van der Waals surface area contributed by atoms with Gasteiger partial charge in [-0.3, -0.25) is 0 Å². The molecule has 0 radical (unpaired) electrons. The van der Waals surface area contributed by atoms with E-state index in [1.807, 2.05) is 6.92 Å². The molecule has 1 aromatic heterocycles. The predicted octanol–water partition coefficient (Wildman–Crippen LogP) is 1.12. The molecule has 72 valence electrons. The van der Waals surface area contributed by atoms with Crippen molar-refractivity contribution < 1.29 is 4.42 Å². The number of rotatable bonds is 2. The second-order valence-corrected chi connectivity index (χ2v) is 3.57. The minimum atomic E-state index is 0.409. The molecule has 3 nitrogen and oxygen atoms in total. The zero-order valence-electron chi connectivity index (χ0n) is 7.97. The normalized spacial score (nSPS) is 21.5. The van der Waals surface area contributed by atoms with Gasteiger partial charge in [-0.1, -0.05) is 0 Å². The fourth-order valence-electron chi connectivity index (χ4n) is 1.97. The lowest BCUT2D eigenvalue weighted by Crippen LogP contribution is -2.30. The van der Waals surface area contributed by atoms with E-state index in [0.717, 1.165) is 37.5 Å². The van der Waals surface area contributed by atoms with Crippen LogP contribution < -0.4 is 11.1 Å². The molecule has 0 aliphatic carbocycles. The maximum atomic E-state index is 5.60. The molecule has 1 aromatic rings. The van der Waals surface area contributed by atoms with Crippen LogP contribution in [0.2, 0.25) is 0 Å². The first kappa shape index (κ1) is 8.78. The molecule has 0 bridgehead atoms. The van der Waals surface area contributed by atoms with Crippen LogP contribution in [0.5, 0.6) is 0 Å². The van der Waals surface area contributed by atoms with Crippen molar-refractivity contribution in [2.24, 2.45) is 5.73 Å². The van der Waals surface area contributed by atoms with Gasteiger partial charge in [0.25, 0.3) is 0 Å². The molecule has 3 N–H and O–H groups in total. The van der Waals surface area contributed by atoms with Crippen molar-refractivity contribution >= 4 is 0 Å². The van der Waals surface area contributed by atoms with Gasteiger partial charge in [0.2, 0.25) is 0 Å². The summed E-state index contributed by atoms with van der Waals surface area (Å²) in [5.41, 5.74) is 6.87. The van der Waals surface area contributed by atoms with E-state index >= 15 is 0 Å². The fourth-order valence-corrected chi connectivity index (χ4v) is 1.97. The summed E-state index contributed by atoms with van der Waals surface area (Å²) in [4.78, 5) is 0. The average molecular weight is 180 g/mol. The van der Waals surface area contributed by atoms with Gasteiger partial charge in [-0.15, -0.1) is 0 Å². The number of aryl methyl sites for hydroxylation is 1. The molecule has 0 saturated heterocycles. The number of fused-ring (bicyclic) bond motifs is 1. The van der Waals surface area contributed by atoms with Crippen molar-refractivity contribution in [3.05, 3.63) is 23.2 Å². The van der Waals surface area contributed by atoms with Crippen LogP contribution in [0.25, 0.3) is 0 Å². The molecule has 1 aliphatic rings. The highest BCUT2D eigenvalue weighted by Crippen LogP contribution is 2.27. The van der Waals surface area contributed by atoms with Crippen molar-refractivity contribution in [3.8, 4) is 0 Å². The summed E-state index contributed by atoms with van der Waals surface area (Å²) in [7, 11) is 0. The Morgan fingerprint density at radius 3 is 3.31 bits per heavy atom. The number of hydrogen-bond acceptors (Lipinski definition) is 3. The third kappa shape index (κ3) is 1.62. The standard InChI is InChI=1S/C10H16N2O/c1-7-6-8-9(2-4-11)12-5-3-10(8)13-7/h6,9,12H,2-5,11H2,1H3. The first-order valence-electron chi connectivity index (χ1n) is 4.84. The van der Waals surface area contributed by atoms with E-state index in [-0.39, 0.29) is 0 Å². The molecule has 0 amide bonds. The largest absolute Gasteiger partial charge is 0.466 e. The zero-order chi connectivity index (χ0) is 9.26. The summed E-state index contributed by atoms with van der Waals surface area (Å²) in [5, 5.41) is 3.45. The van der Waals surface area contributed by atoms with Crippen LogP contribution in [-0.4, -0.2) is 13.1 Å². The molecule has 1 aliphatic heterocycles. The number of nitrogens with one attached hydrogen (secondary N) is 1. The molecule has 0 aromatic carbocycles. The Bertz CT molecular complexity index is 293. The van der Waals surface area contributed by atoms with Crippen molar-refractivity contribution in [2.75, 3.05) is 13.1 Å². The Hall–Kier alpha value is -0.800. The Balaban J connectivity index is 2.25. The van der Waals surface area contributed by atoms with Gasteiger partial charge in [0.15, 0.2) is 0 Å². The lowest BCUT2D eigenvalue weighted by Gasteiger charge is -2.22. The molecular formula is C10H16N2O. The SMILES string of the molecule is Cc1cc2c(o1)CCNC2CCN. The van der Waals surface area contributed by atoms with Crippen LogP contribution in [0.3, 0.4) is 0 Å². The van der Waals surface area contributed by atoms with Crippen LogP contribution >= 0.6 is 0 Å². The molecule has 0 saturated carbocycles. The topological polar surface area (TPSA) is 51.2 Å². The van der Waals surface area contributed by atoms with Gasteiger partial charge in [-0.2, -0.15) is 0 Å². The maximum absolute atomic E-state index is 5.60. The fraction of sp³-hybridized carbons (Fsp3) is 0.600. The molecule has 3 heteroatoms. The minimum Gasteiger partial charge on any atom is -0.466 e. The van der Waals surface area contributed by atoms with Crippen molar-refractivity contribution in [2.45, 2.75) is 25.8 Å². The van der Waals surface area contributed by atoms with Gasteiger partial charge in [-0.05, 0) is 26.0 Å². The number of nitrogens with two attached hydrogens (primary N) is 1. The van der Waals surface area contributed by atoms with Crippen LogP contribution in [0.4, 0.5) is 0 Å². The first-order valence-corrected chi connectivity index (χ1v) is 4.84. The summed E-state index contributed by atoms with van der Waals surface area (Å²) in [6.45, 7) is 3.73. The van der Waals surface area contributed by atoms with Gasteiger partial charge in [0, 0.05) is 24.6 Å². The van der Waals surface area contributed by atoms with Gasteiger partial charge in [-0.25, -0.2) is 0 Å². The predicted molar refractivity (Wildman–Crippen MR) is 51.6 cm³/mol. The number of hydrogen-bond donors (Lipinski definition) is 2. The summed E-state index contributed by atoms with van der Waals surface area (Å²) in [5.74, 6) is 2.16. The Morgan fingerprint density at radius 2 is 2.54 bits per heavy atom. The number of furan rings is 1. The van der Waals surface area contributed by atoms with E-state index in [0.29, 0.717) is 6.04 Å². The monoisotopic (exact) mass is 180 g/mol. The minimum absolute atomic E-state index is 0.409. The summed E-state index contributed by atoms with van der Waals surface area (Å²) in [6.07, 6.45) is 2.00. The summed E-state index contributed by atoms with van der Waals surface area (Å²) < 4.78 is 5.60. The van der Waals surface area contributed by atoms with Gasteiger partial charge >= 0.3 is 0 Å². The van der Waals surface area contributed by atoms with Crippen LogP contribution in [-0.2, 0) is 6.42 Å². The molecule has 0 spiro atoms. The van der Waals surface area contributed by atoms with Gasteiger partial charge in [0.05, 0.1) is 0 Å². The summed E-state index contributed by atoms with van der Waals surface area (Å²) in [6, 6.07) is 2.54. The molecule has 13 heavy (non-hydrogen) atoms. The highest BCUT2D eigenvalue weighted by molar-refractivity contribution is 5.27. The molecule has 1 atom stereocenters. The average Bonchev–Trinajstić information content (AvgIpc) is 2.47. The van der Waals surface area contributed by atoms with Crippen LogP contribution in [0.1, 0.15) is 29.5 Å². The van der Waals surface area contributed by atoms with E-state index in [4.69, 9.17) is 10.2 Å². The Kier molecular flexibility index (Phi) is 2.38. The Labute approximate surface area is 78.3 Å². The third-order valence-corrected chi connectivity index (χ3v) is 2.54. The van der Waals surface area contributed by atoms with Gasteiger partial charge in [0.1, 0.15) is 11.5 Å². The zero-order valence-corrected chi connectivity index (χ0v) is 7.97. The van der Waals surface area contributed by atoms with E-state index < -0.39 is 0 Å². The van der Waals surface area contributed by atoms with E-state index in [1.54, 1.807) is 0 Å². The van der Waals surface area contributed by atoms with Crippen molar-refractivity contribution in [1.29, 1.82) is 0 Å². The maximum Gasteiger partial charge on any atom is 0.110 e. The highest BCUT2D eigenvalue weighted by Gasteiger charge is 2.22. The smallest absolute Gasteiger partial charge is 0.110 e. The lowest BCUT2D eigenvalue weighted by molar-refractivity contribution is 0.414. The molecule has 0 fully saturated rings. The summed E-state index contributed by atoms with van der Waals surface area (Å²) >= 11 is 0. The van der Waals surface area contributed by atoms with E-state index in [2.05, 4.69) is 11.4 Å². The quantitative estimate of drug-likeness (QED) is 0.717. The van der Waals surface area contributed by atoms with Crippen LogP contribution in [0, 0.1) is 6.92 Å². The molecule has 1 unspecified atom stereocenters. The lowest BCUT2D eigenvalue weighted by atomic mass is 9.99. The third-order valence-electron chi connectivity index (χ3n) is 2.54. The van der Waals surface area contributed by atoms with E-state index in [1.165, 1.54) is 5.56 Å². The van der Waals surface area contributed by atoms with Crippen molar-refractivity contribution in [1.82, 2.24) is 5.32 Å². The Morgan fingerprint density at radius 1 is 1.69 bits per heavy atom. The van der Waals surface area contributed by atoms with Crippen LogP contribution in [0.15, 0.2) is 10.5 Å². The molecular weight excluding hydrogens is 164 g/mol. The molecule has 2 rings (SSSR count). The molecule has 2 heterocycles. The van der Waals surface area contributed by atoms with Crippen molar-refractivity contribution in [3.63, 3.8) is 0 Å². The van der Waals surface area contributed by atoms with Gasteiger partial charge < -0.3 is 15.5 Å². The van der Waals surface area contributed by atoms with E-state index in [9.17, 15) is 0 Å².